The molecule has 20 heavy (non-hydrogen) atoms. The summed E-state index contributed by atoms with van der Waals surface area (Å²) in [6, 6.07) is 0.532. The Kier molecular flexibility index (Phi) is 4.17. The first-order valence-electron chi connectivity index (χ1n) is 6.23. The van der Waals surface area contributed by atoms with Crippen LogP contribution in [0.3, 0.4) is 0 Å². The van der Waals surface area contributed by atoms with Crippen molar-refractivity contribution >= 4 is 23.6 Å². The number of hydrogen-bond donors (Lipinski definition) is 2. The molecule has 1 aliphatic rings. The highest BCUT2D eigenvalue weighted by atomic mass is 32.2. The number of amides is 1. The number of carbonyl (C=O) groups is 2. The molecule has 0 bridgehead atoms. The van der Waals surface area contributed by atoms with E-state index in [9.17, 15) is 19.8 Å². The number of aromatic nitrogens is 1. The van der Waals surface area contributed by atoms with Crippen LogP contribution in [-0.2, 0) is 4.79 Å². The predicted molar refractivity (Wildman–Crippen MR) is 74.6 cm³/mol. The van der Waals surface area contributed by atoms with E-state index in [2.05, 4.69) is 4.98 Å². The minimum absolute atomic E-state index is 0.0828. The average molecular weight is 296 g/mol. The number of rotatable bonds is 3. The van der Waals surface area contributed by atoms with Gasteiger partial charge in [-0.1, -0.05) is 13.8 Å². The standard InChI is InChI=1S/C13H16N2O4S/c1-7(2)12-15(9(6-20-12)13(18)19)11(17)8-3-4-14-5-10(8)16/h3-5,7,9,12,16H,6H2,1-2H3,(H,18,19). The molecule has 0 aliphatic carbocycles. The number of hydrogen-bond acceptors (Lipinski definition) is 5. The SMILES string of the molecule is CC(C)C1SCC(C(=O)O)N1C(=O)c1ccncc1O. The lowest BCUT2D eigenvalue weighted by atomic mass is 10.1. The fourth-order valence-electron chi connectivity index (χ4n) is 2.19. The minimum Gasteiger partial charge on any atom is -0.505 e. The molecule has 0 aromatic carbocycles. The highest BCUT2D eigenvalue weighted by molar-refractivity contribution is 8.00. The molecular formula is C13H16N2O4S. The number of pyridine rings is 1. The molecule has 2 heterocycles. The number of carboxylic acid groups (broad SMARTS) is 1. The lowest BCUT2D eigenvalue weighted by molar-refractivity contribution is -0.141. The largest absolute Gasteiger partial charge is 0.505 e. The zero-order valence-electron chi connectivity index (χ0n) is 11.2. The van der Waals surface area contributed by atoms with Crippen molar-refractivity contribution in [3.05, 3.63) is 24.0 Å². The summed E-state index contributed by atoms with van der Waals surface area (Å²) >= 11 is 1.45. The Morgan fingerprint density at radius 2 is 2.20 bits per heavy atom. The Morgan fingerprint density at radius 1 is 1.50 bits per heavy atom. The van der Waals surface area contributed by atoms with E-state index in [1.807, 2.05) is 13.8 Å². The number of thioether (sulfide) groups is 1. The molecule has 6 nitrogen and oxygen atoms in total. The molecular weight excluding hydrogens is 280 g/mol. The molecule has 1 aliphatic heterocycles. The van der Waals surface area contributed by atoms with Crippen molar-refractivity contribution in [3.63, 3.8) is 0 Å². The van der Waals surface area contributed by atoms with Gasteiger partial charge in [0.2, 0.25) is 0 Å². The Bertz CT molecular complexity index is 535. The molecule has 0 saturated carbocycles. The van der Waals surface area contributed by atoms with E-state index >= 15 is 0 Å². The van der Waals surface area contributed by atoms with Crippen molar-refractivity contribution in [3.8, 4) is 5.75 Å². The highest BCUT2D eigenvalue weighted by Gasteiger charge is 2.43. The van der Waals surface area contributed by atoms with Gasteiger partial charge >= 0.3 is 5.97 Å². The Balaban J connectivity index is 2.37. The molecule has 2 N–H and O–H groups in total. The van der Waals surface area contributed by atoms with Crippen LogP contribution >= 0.6 is 11.8 Å². The summed E-state index contributed by atoms with van der Waals surface area (Å²) in [5.74, 6) is -1.25. The number of aromatic hydroxyl groups is 1. The van der Waals surface area contributed by atoms with Gasteiger partial charge in [-0.15, -0.1) is 11.8 Å². The molecule has 1 aromatic rings. The average Bonchev–Trinajstić information content (AvgIpc) is 2.83. The van der Waals surface area contributed by atoms with Gasteiger partial charge in [0, 0.05) is 11.9 Å². The van der Waals surface area contributed by atoms with Gasteiger partial charge in [-0.2, -0.15) is 0 Å². The van der Waals surface area contributed by atoms with Gasteiger partial charge in [-0.3, -0.25) is 9.78 Å². The molecule has 2 rings (SSSR count). The second-order valence-electron chi connectivity index (χ2n) is 4.93. The molecule has 1 aromatic heterocycles. The Labute approximate surface area is 120 Å². The van der Waals surface area contributed by atoms with E-state index in [1.165, 1.54) is 35.1 Å². The summed E-state index contributed by atoms with van der Waals surface area (Å²) in [4.78, 5) is 29.0. The predicted octanol–water partition coefficient (Wildman–Crippen LogP) is 1.41. The van der Waals surface area contributed by atoms with E-state index in [0.717, 1.165) is 0 Å². The van der Waals surface area contributed by atoms with Crippen molar-refractivity contribution in [1.82, 2.24) is 9.88 Å². The van der Waals surface area contributed by atoms with Crippen LogP contribution in [0.4, 0.5) is 0 Å². The third-order valence-electron chi connectivity index (χ3n) is 3.16. The Morgan fingerprint density at radius 3 is 2.75 bits per heavy atom. The third kappa shape index (κ3) is 2.58. The smallest absolute Gasteiger partial charge is 0.327 e. The molecule has 108 valence electrons. The summed E-state index contributed by atoms with van der Waals surface area (Å²) in [6.45, 7) is 3.88. The maximum atomic E-state index is 12.6. The Hall–Kier alpha value is -1.76. The summed E-state index contributed by atoms with van der Waals surface area (Å²) in [5.41, 5.74) is 0.0828. The van der Waals surface area contributed by atoms with Crippen molar-refractivity contribution in [2.24, 2.45) is 5.92 Å². The minimum atomic E-state index is -1.03. The normalized spacial score (nSPS) is 22.2. The van der Waals surface area contributed by atoms with Crippen LogP contribution in [0.2, 0.25) is 0 Å². The second kappa shape index (κ2) is 5.70. The van der Waals surface area contributed by atoms with Crippen molar-refractivity contribution < 1.29 is 19.8 Å². The number of carboxylic acids is 1. The number of aliphatic carboxylic acids is 1. The summed E-state index contributed by atoms with van der Waals surface area (Å²) in [7, 11) is 0. The van der Waals surface area contributed by atoms with E-state index in [0.29, 0.717) is 5.75 Å². The highest BCUT2D eigenvalue weighted by Crippen LogP contribution is 2.36. The second-order valence-corrected chi connectivity index (χ2v) is 6.08. The monoisotopic (exact) mass is 296 g/mol. The lowest BCUT2D eigenvalue weighted by Gasteiger charge is -2.29. The van der Waals surface area contributed by atoms with Crippen LogP contribution in [0, 0.1) is 5.92 Å². The first-order valence-corrected chi connectivity index (χ1v) is 7.28. The fraction of sp³-hybridized carbons (Fsp3) is 0.462. The quantitative estimate of drug-likeness (QED) is 0.876. The van der Waals surface area contributed by atoms with E-state index in [4.69, 9.17) is 0 Å². The molecule has 2 unspecified atom stereocenters. The summed E-state index contributed by atoms with van der Waals surface area (Å²) in [6.07, 6.45) is 2.58. The summed E-state index contributed by atoms with van der Waals surface area (Å²) < 4.78 is 0. The molecule has 0 radical (unpaired) electrons. The topological polar surface area (TPSA) is 90.7 Å². The molecule has 7 heteroatoms. The first-order chi connectivity index (χ1) is 9.43. The van der Waals surface area contributed by atoms with Crippen LogP contribution in [0.25, 0.3) is 0 Å². The van der Waals surface area contributed by atoms with Crippen LogP contribution < -0.4 is 0 Å². The van der Waals surface area contributed by atoms with Crippen molar-refractivity contribution in [2.75, 3.05) is 5.75 Å². The molecule has 0 spiro atoms. The van der Waals surface area contributed by atoms with Gasteiger partial charge in [0.05, 0.1) is 17.1 Å². The number of carbonyl (C=O) groups excluding carboxylic acids is 1. The zero-order valence-corrected chi connectivity index (χ0v) is 12.0. The molecule has 1 saturated heterocycles. The van der Waals surface area contributed by atoms with Gasteiger partial charge in [-0.05, 0) is 12.0 Å². The van der Waals surface area contributed by atoms with E-state index < -0.39 is 17.9 Å². The maximum absolute atomic E-state index is 12.6. The van der Waals surface area contributed by atoms with Gasteiger partial charge < -0.3 is 15.1 Å². The third-order valence-corrected chi connectivity index (χ3v) is 4.78. The summed E-state index contributed by atoms with van der Waals surface area (Å²) in [5, 5.41) is 18.8. The van der Waals surface area contributed by atoms with Gasteiger partial charge in [0.25, 0.3) is 5.91 Å². The van der Waals surface area contributed by atoms with Crippen LogP contribution in [-0.4, -0.2) is 49.1 Å². The first kappa shape index (κ1) is 14.6. The van der Waals surface area contributed by atoms with Crippen molar-refractivity contribution in [2.45, 2.75) is 25.3 Å². The molecule has 1 amide bonds. The van der Waals surface area contributed by atoms with Gasteiger partial charge in [-0.25, -0.2) is 4.79 Å². The maximum Gasteiger partial charge on any atom is 0.327 e. The zero-order chi connectivity index (χ0) is 14.9. The fourth-order valence-corrected chi connectivity index (χ4v) is 3.67. The van der Waals surface area contributed by atoms with Crippen molar-refractivity contribution in [1.29, 1.82) is 0 Å². The van der Waals surface area contributed by atoms with Gasteiger partial charge in [0.1, 0.15) is 11.8 Å². The molecule has 2 atom stereocenters. The van der Waals surface area contributed by atoms with E-state index in [1.54, 1.807) is 0 Å². The van der Waals surface area contributed by atoms with Crippen LogP contribution in [0.5, 0.6) is 5.75 Å². The van der Waals surface area contributed by atoms with Crippen LogP contribution in [0.1, 0.15) is 24.2 Å². The number of nitrogens with zero attached hydrogens (tertiary/aromatic N) is 2. The van der Waals surface area contributed by atoms with E-state index in [-0.39, 0.29) is 22.6 Å². The van der Waals surface area contributed by atoms with Crippen LogP contribution in [0.15, 0.2) is 18.5 Å². The lowest BCUT2D eigenvalue weighted by Crippen LogP contribution is -2.47. The van der Waals surface area contributed by atoms with Gasteiger partial charge in [0.15, 0.2) is 0 Å². The molecule has 1 fully saturated rings.